The van der Waals surface area contributed by atoms with Gasteiger partial charge in [-0.25, -0.2) is 13.2 Å². The van der Waals surface area contributed by atoms with Crippen LogP contribution in [0.25, 0.3) is 0 Å². The fourth-order valence-electron chi connectivity index (χ4n) is 1.91. The third-order valence-corrected chi connectivity index (χ3v) is 3.14. The van der Waals surface area contributed by atoms with Gasteiger partial charge < -0.3 is 10.5 Å². The summed E-state index contributed by atoms with van der Waals surface area (Å²) >= 11 is 0. The Hall–Kier alpha value is -1.72. The number of nitrogens with two attached hydrogens (primary N) is 1. The lowest BCUT2D eigenvalue weighted by Gasteiger charge is -2.14. The van der Waals surface area contributed by atoms with Gasteiger partial charge in [0.25, 0.3) is 0 Å². The Labute approximate surface area is 133 Å². The zero-order chi connectivity index (χ0) is 15.4. The summed E-state index contributed by atoms with van der Waals surface area (Å²) in [5, 5.41) is 0. The second-order valence-corrected chi connectivity index (χ2v) is 4.80. The van der Waals surface area contributed by atoms with Crippen molar-refractivity contribution in [3.63, 3.8) is 0 Å². The van der Waals surface area contributed by atoms with E-state index in [2.05, 4.69) is 0 Å². The van der Waals surface area contributed by atoms with Crippen molar-refractivity contribution in [2.75, 3.05) is 0 Å². The standard InChI is InChI=1S/C16H16F3NO.ClH/c1-2-13(20)8-10-7-11(17)3-5-15(10)21-16-6-4-12(18)9-14(16)19;/h3-7,9,13H,2,8,20H2,1H3;1H. The average molecular weight is 332 g/mol. The maximum Gasteiger partial charge on any atom is 0.168 e. The molecule has 0 saturated carbocycles. The SMILES string of the molecule is CCC(N)Cc1cc(F)ccc1Oc1ccc(F)cc1F.Cl. The zero-order valence-corrected chi connectivity index (χ0v) is 12.8. The van der Waals surface area contributed by atoms with Crippen LogP contribution in [0.1, 0.15) is 18.9 Å². The van der Waals surface area contributed by atoms with Crippen molar-refractivity contribution in [2.45, 2.75) is 25.8 Å². The van der Waals surface area contributed by atoms with E-state index in [1.165, 1.54) is 24.3 Å². The molecule has 120 valence electrons. The number of ether oxygens (including phenoxy) is 1. The molecular weight excluding hydrogens is 315 g/mol. The van der Waals surface area contributed by atoms with Gasteiger partial charge in [0, 0.05) is 12.1 Å². The highest BCUT2D eigenvalue weighted by atomic mass is 35.5. The van der Waals surface area contributed by atoms with E-state index in [1.54, 1.807) is 0 Å². The van der Waals surface area contributed by atoms with Gasteiger partial charge in [0.15, 0.2) is 11.6 Å². The molecule has 2 nitrogen and oxygen atoms in total. The molecule has 0 aliphatic heterocycles. The summed E-state index contributed by atoms with van der Waals surface area (Å²) in [4.78, 5) is 0. The Kier molecular flexibility index (Phi) is 6.71. The molecule has 2 aromatic carbocycles. The molecule has 0 fully saturated rings. The monoisotopic (exact) mass is 331 g/mol. The van der Waals surface area contributed by atoms with E-state index in [-0.39, 0.29) is 24.2 Å². The van der Waals surface area contributed by atoms with E-state index in [4.69, 9.17) is 10.5 Å². The number of rotatable bonds is 5. The molecule has 0 radical (unpaired) electrons. The van der Waals surface area contributed by atoms with E-state index < -0.39 is 17.5 Å². The first-order chi connectivity index (χ1) is 9.99. The van der Waals surface area contributed by atoms with Gasteiger partial charge in [-0.3, -0.25) is 0 Å². The van der Waals surface area contributed by atoms with Crippen LogP contribution in [0.15, 0.2) is 36.4 Å². The van der Waals surface area contributed by atoms with Crippen molar-refractivity contribution >= 4 is 12.4 Å². The van der Waals surface area contributed by atoms with Crippen LogP contribution in [0.3, 0.4) is 0 Å². The van der Waals surface area contributed by atoms with Crippen LogP contribution < -0.4 is 10.5 Å². The maximum absolute atomic E-state index is 13.6. The maximum atomic E-state index is 13.6. The van der Waals surface area contributed by atoms with Crippen LogP contribution in [0.4, 0.5) is 13.2 Å². The Morgan fingerprint density at radius 2 is 1.59 bits per heavy atom. The van der Waals surface area contributed by atoms with E-state index in [0.717, 1.165) is 18.6 Å². The predicted molar refractivity (Wildman–Crippen MR) is 82.1 cm³/mol. The molecule has 0 saturated heterocycles. The number of hydrogen-bond acceptors (Lipinski definition) is 2. The molecular formula is C16H17ClF3NO. The molecule has 0 bridgehead atoms. The summed E-state index contributed by atoms with van der Waals surface area (Å²) in [7, 11) is 0. The summed E-state index contributed by atoms with van der Waals surface area (Å²) in [6.07, 6.45) is 1.13. The van der Waals surface area contributed by atoms with Crippen molar-refractivity contribution in [2.24, 2.45) is 5.73 Å². The Bertz CT molecular complexity index is 637. The summed E-state index contributed by atoms with van der Waals surface area (Å²) in [6, 6.07) is 6.82. The highest BCUT2D eigenvalue weighted by molar-refractivity contribution is 5.85. The molecule has 6 heteroatoms. The highest BCUT2D eigenvalue weighted by Gasteiger charge is 2.12. The molecule has 2 aromatic rings. The fourth-order valence-corrected chi connectivity index (χ4v) is 1.91. The molecule has 22 heavy (non-hydrogen) atoms. The summed E-state index contributed by atoms with van der Waals surface area (Å²) in [6.45, 7) is 1.92. The minimum Gasteiger partial charge on any atom is -0.454 e. The molecule has 2 N–H and O–H groups in total. The fraction of sp³-hybridized carbons (Fsp3) is 0.250. The van der Waals surface area contributed by atoms with Crippen molar-refractivity contribution in [1.82, 2.24) is 0 Å². The molecule has 0 aliphatic rings. The van der Waals surface area contributed by atoms with Gasteiger partial charge in [0.2, 0.25) is 0 Å². The summed E-state index contributed by atoms with van der Waals surface area (Å²) in [5.41, 5.74) is 6.41. The number of benzene rings is 2. The second kappa shape index (κ2) is 8.06. The molecule has 0 aromatic heterocycles. The van der Waals surface area contributed by atoms with E-state index >= 15 is 0 Å². The van der Waals surface area contributed by atoms with Gasteiger partial charge in [0.05, 0.1) is 0 Å². The van der Waals surface area contributed by atoms with Gasteiger partial charge in [-0.2, -0.15) is 0 Å². The largest absolute Gasteiger partial charge is 0.454 e. The minimum atomic E-state index is -0.815. The van der Waals surface area contributed by atoms with Crippen LogP contribution in [0, 0.1) is 17.5 Å². The van der Waals surface area contributed by atoms with Gasteiger partial charge in [-0.15, -0.1) is 12.4 Å². The van der Waals surface area contributed by atoms with Crippen LogP contribution in [-0.4, -0.2) is 6.04 Å². The summed E-state index contributed by atoms with van der Waals surface area (Å²) < 4.78 is 45.3. The quantitative estimate of drug-likeness (QED) is 0.869. The molecule has 1 unspecified atom stereocenters. The van der Waals surface area contributed by atoms with Crippen molar-refractivity contribution < 1.29 is 17.9 Å². The first-order valence-corrected chi connectivity index (χ1v) is 6.66. The minimum absolute atomic E-state index is 0. The van der Waals surface area contributed by atoms with E-state index in [0.29, 0.717) is 17.7 Å². The van der Waals surface area contributed by atoms with Crippen molar-refractivity contribution in [1.29, 1.82) is 0 Å². The third kappa shape index (κ3) is 4.64. The molecule has 0 heterocycles. The lowest BCUT2D eigenvalue weighted by atomic mass is 10.0. The van der Waals surface area contributed by atoms with Crippen LogP contribution in [0.5, 0.6) is 11.5 Å². The van der Waals surface area contributed by atoms with Gasteiger partial charge >= 0.3 is 0 Å². The molecule has 0 spiro atoms. The van der Waals surface area contributed by atoms with Crippen LogP contribution >= 0.6 is 12.4 Å². The normalized spacial score (nSPS) is 11.7. The topological polar surface area (TPSA) is 35.2 Å². The van der Waals surface area contributed by atoms with Crippen LogP contribution in [-0.2, 0) is 6.42 Å². The molecule has 0 amide bonds. The zero-order valence-electron chi connectivity index (χ0n) is 12.0. The Morgan fingerprint density at radius 3 is 2.18 bits per heavy atom. The Morgan fingerprint density at radius 1 is 1.00 bits per heavy atom. The lowest BCUT2D eigenvalue weighted by molar-refractivity contribution is 0.430. The average Bonchev–Trinajstić information content (AvgIpc) is 2.44. The number of halogens is 4. The molecule has 0 aliphatic carbocycles. The van der Waals surface area contributed by atoms with Crippen molar-refractivity contribution in [3.05, 3.63) is 59.4 Å². The summed E-state index contributed by atoms with van der Waals surface area (Å²) in [5.74, 6) is -1.72. The van der Waals surface area contributed by atoms with Crippen LogP contribution in [0.2, 0.25) is 0 Å². The smallest absolute Gasteiger partial charge is 0.168 e. The van der Waals surface area contributed by atoms with Gasteiger partial charge in [0.1, 0.15) is 17.4 Å². The van der Waals surface area contributed by atoms with E-state index in [9.17, 15) is 13.2 Å². The second-order valence-electron chi connectivity index (χ2n) is 4.80. The third-order valence-electron chi connectivity index (χ3n) is 3.14. The van der Waals surface area contributed by atoms with Crippen molar-refractivity contribution in [3.8, 4) is 11.5 Å². The van der Waals surface area contributed by atoms with Gasteiger partial charge in [-0.1, -0.05) is 6.92 Å². The first-order valence-electron chi connectivity index (χ1n) is 6.66. The predicted octanol–water partition coefficient (Wildman–Crippen LogP) is 4.60. The molecule has 1 atom stereocenters. The number of hydrogen-bond donors (Lipinski definition) is 1. The highest BCUT2D eigenvalue weighted by Crippen LogP contribution is 2.29. The van der Waals surface area contributed by atoms with Gasteiger partial charge in [-0.05, 0) is 48.7 Å². The first kappa shape index (κ1) is 18.3. The van der Waals surface area contributed by atoms with E-state index in [1.807, 2.05) is 6.92 Å². The molecule has 2 rings (SSSR count). The Balaban J connectivity index is 0.00000242. The lowest BCUT2D eigenvalue weighted by Crippen LogP contribution is -2.21.